The van der Waals surface area contributed by atoms with Gasteiger partial charge in [-0.25, -0.2) is 8.78 Å². The van der Waals surface area contributed by atoms with Gasteiger partial charge in [0, 0.05) is 19.2 Å². The second-order valence-corrected chi connectivity index (χ2v) is 4.60. The van der Waals surface area contributed by atoms with Crippen molar-refractivity contribution < 1.29 is 13.5 Å². The molecule has 1 aromatic heterocycles. The van der Waals surface area contributed by atoms with Crippen molar-refractivity contribution in [2.75, 3.05) is 6.61 Å². The summed E-state index contributed by atoms with van der Waals surface area (Å²) in [6.07, 6.45) is 0.805. The molecule has 1 aromatic rings. The maximum atomic E-state index is 13.1. The van der Waals surface area contributed by atoms with Crippen LogP contribution < -0.4 is 0 Å². The van der Waals surface area contributed by atoms with Crippen LogP contribution in [0.15, 0.2) is 17.1 Å². The molecular weight excluding hydrogens is 294 g/mol. The summed E-state index contributed by atoms with van der Waals surface area (Å²) in [5, 5.41) is 4.16. The normalized spacial score (nSPS) is 11.8. The Morgan fingerprint density at radius 2 is 2.24 bits per heavy atom. The van der Waals surface area contributed by atoms with Crippen LogP contribution in [0.1, 0.15) is 17.8 Å². The Labute approximate surface area is 108 Å². The molecule has 0 unspecified atom stereocenters. The highest BCUT2D eigenvalue weighted by molar-refractivity contribution is 9.10. The number of halogens is 3. The van der Waals surface area contributed by atoms with Crippen molar-refractivity contribution in [1.29, 1.82) is 0 Å². The van der Waals surface area contributed by atoms with E-state index >= 15 is 0 Å². The van der Waals surface area contributed by atoms with Crippen LogP contribution in [-0.4, -0.2) is 22.3 Å². The van der Waals surface area contributed by atoms with Crippen LogP contribution in [0, 0.1) is 6.92 Å². The summed E-state index contributed by atoms with van der Waals surface area (Å²) in [6.45, 7) is 4.60. The number of alkyl halides is 2. The summed E-state index contributed by atoms with van der Waals surface area (Å²) in [7, 11) is 1.79. The number of aryl methyl sites for hydroxylation is 1. The van der Waals surface area contributed by atoms with E-state index < -0.39 is 12.5 Å². The van der Waals surface area contributed by atoms with Crippen molar-refractivity contribution in [1.82, 2.24) is 9.78 Å². The number of aromatic nitrogens is 2. The molecule has 3 nitrogen and oxygen atoms in total. The van der Waals surface area contributed by atoms with Crippen LogP contribution in [0.2, 0.25) is 0 Å². The fourth-order valence-electron chi connectivity index (χ4n) is 1.31. The quantitative estimate of drug-likeness (QED) is 0.755. The van der Waals surface area contributed by atoms with E-state index in [1.54, 1.807) is 11.7 Å². The smallest absolute Gasteiger partial charge is 0.274 e. The van der Waals surface area contributed by atoms with Crippen molar-refractivity contribution >= 4 is 15.9 Å². The van der Waals surface area contributed by atoms with Gasteiger partial charge in [-0.1, -0.05) is 6.08 Å². The van der Waals surface area contributed by atoms with Crippen LogP contribution >= 0.6 is 15.9 Å². The van der Waals surface area contributed by atoms with Crippen molar-refractivity contribution in [2.45, 2.75) is 25.9 Å². The highest BCUT2D eigenvalue weighted by Crippen LogP contribution is 2.23. The standard InChI is InChI=1S/C11H15BrF2N2O/c1-4-5-11(13,14)7-17-6-9-10(12)8(2)16(3)15-9/h4H,1,5-7H2,2-3H3. The summed E-state index contributed by atoms with van der Waals surface area (Å²) in [6, 6.07) is 0. The average Bonchev–Trinajstić information content (AvgIpc) is 2.46. The maximum absolute atomic E-state index is 13.1. The predicted molar refractivity (Wildman–Crippen MR) is 65.1 cm³/mol. The first-order chi connectivity index (χ1) is 7.87. The fourth-order valence-corrected chi connectivity index (χ4v) is 1.76. The minimum Gasteiger partial charge on any atom is -0.369 e. The first kappa shape index (κ1) is 14.3. The summed E-state index contributed by atoms with van der Waals surface area (Å²) >= 11 is 3.35. The second kappa shape index (κ2) is 5.73. The summed E-state index contributed by atoms with van der Waals surface area (Å²) < 4.78 is 33.6. The van der Waals surface area contributed by atoms with E-state index in [9.17, 15) is 8.78 Å². The van der Waals surface area contributed by atoms with E-state index in [0.29, 0.717) is 5.69 Å². The molecule has 17 heavy (non-hydrogen) atoms. The van der Waals surface area contributed by atoms with Gasteiger partial charge in [0.2, 0.25) is 0 Å². The topological polar surface area (TPSA) is 27.1 Å². The van der Waals surface area contributed by atoms with Crippen molar-refractivity contribution in [3.05, 3.63) is 28.5 Å². The number of hydrogen-bond donors (Lipinski definition) is 0. The third-order valence-electron chi connectivity index (χ3n) is 2.32. The fraction of sp³-hybridized carbons (Fsp3) is 0.545. The van der Waals surface area contributed by atoms with Gasteiger partial charge >= 0.3 is 0 Å². The molecule has 1 heterocycles. The van der Waals surface area contributed by atoms with Crippen LogP contribution in [0.4, 0.5) is 8.78 Å². The number of allylic oxidation sites excluding steroid dienone is 1. The van der Waals surface area contributed by atoms with E-state index in [1.165, 1.54) is 6.08 Å². The third-order valence-corrected chi connectivity index (χ3v) is 3.35. The average molecular weight is 309 g/mol. The SMILES string of the molecule is C=CCC(F)(F)COCc1nn(C)c(C)c1Br. The number of rotatable bonds is 6. The molecule has 6 heteroatoms. The predicted octanol–water partition coefficient (Wildman–Crippen LogP) is 3.22. The highest BCUT2D eigenvalue weighted by Gasteiger charge is 2.27. The zero-order valence-electron chi connectivity index (χ0n) is 9.84. The van der Waals surface area contributed by atoms with Crippen molar-refractivity contribution in [3.8, 4) is 0 Å². The molecular formula is C11H15BrF2N2O. The van der Waals surface area contributed by atoms with Gasteiger partial charge in [-0.3, -0.25) is 4.68 Å². The van der Waals surface area contributed by atoms with Crippen molar-refractivity contribution in [3.63, 3.8) is 0 Å². The third kappa shape index (κ3) is 3.89. The van der Waals surface area contributed by atoms with Crippen LogP contribution in [-0.2, 0) is 18.4 Å². The molecule has 1 rings (SSSR count). The van der Waals surface area contributed by atoms with Crippen LogP contribution in [0.5, 0.6) is 0 Å². The lowest BCUT2D eigenvalue weighted by Gasteiger charge is -2.13. The minimum atomic E-state index is -2.86. The van der Waals surface area contributed by atoms with Crippen LogP contribution in [0.3, 0.4) is 0 Å². The largest absolute Gasteiger partial charge is 0.369 e. The molecule has 0 aromatic carbocycles. The van der Waals surface area contributed by atoms with Crippen molar-refractivity contribution in [2.24, 2.45) is 7.05 Å². The molecule has 96 valence electrons. The zero-order chi connectivity index (χ0) is 13.1. The van der Waals surface area contributed by atoms with Gasteiger partial charge < -0.3 is 4.74 Å². The second-order valence-electron chi connectivity index (χ2n) is 3.81. The van der Waals surface area contributed by atoms with Crippen LogP contribution in [0.25, 0.3) is 0 Å². The molecule has 0 atom stereocenters. The summed E-state index contributed by atoms with van der Waals surface area (Å²) in [5.74, 6) is -2.86. The van der Waals surface area contributed by atoms with E-state index in [2.05, 4.69) is 27.6 Å². The molecule has 0 aliphatic rings. The van der Waals surface area contributed by atoms with Gasteiger partial charge in [0.15, 0.2) is 0 Å². The number of nitrogens with zero attached hydrogens (tertiary/aromatic N) is 2. The van der Waals surface area contributed by atoms with E-state index in [-0.39, 0.29) is 13.0 Å². The lowest BCUT2D eigenvalue weighted by Crippen LogP contribution is -2.22. The van der Waals surface area contributed by atoms with E-state index in [0.717, 1.165) is 10.2 Å². The Morgan fingerprint density at radius 1 is 1.59 bits per heavy atom. The summed E-state index contributed by atoms with van der Waals surface area (Å²) in [4.78, 5) is 0. The molecule has 0 N–H and O–H groups in total. The number of ether oxygens (including phenoxy) is 1. The lowest BCUT2D eigenvalue weighted by molar-refractivity contribution is -0.0794. The minimum absolute atomic E-state index is 0.0645. The van der Waals surface area contributed by atoms with Gasteiger partial charge in [-0.05, 0) is 22.9 Å². The van der Waals surface area contributed by atoms with Gasteiger partial charge in [0.05, 0.1) is 11.1 Å². The molecule has 0 bridgehead atoms. The molecule has 0 aliphatic carbocycles. The lowest BCUT2D eigenvalue weighted by atomic mass is 10.2. The first-order valence-corrected chi connectivity index (χ1v) is 5.91. The molecule has 0 aliphatic heterocycles. The zero-order valence-corrected chi connectivity index (χ0v) is 11.4. The van der Waals surface area contributed by atoms with Gasteiger partial charge in [-0.15, -0.1) is 6.58 Å². The van der Waals surface area contributed by atoms with Gasteiger partial charge in [-0.2, -0.15) is 5.10 Å². The summed E-state index contributed by atoms with van der Waals surface area (Å²) in [5.41, 5.74) is 1.56. The Bertz CT molecular complexity index is 404. The van der Waals surface area contributed by atoms with Gasteiger partial charge in [0.1, 0.15) is 12.3 Å². The van der Waals surface area contributed by atoms with E-state index in [1.807, 2.05) is 6.92 Å². The molecule has 0 radical (unpaired) electrons. The Kier molecular flexibility index (Phi) is 4.82. The monoisotopic (exact) mass is 308 g/mol. The Balaban J connectivity index is 2.51. The molecule has 0 amide bonds. The Morgan fingerprint density at radius 3 is 2.71 bits per heavy atom. The highest BCUT2D eigenvalue weighted by atomic mass is 79.9. The molecule has 0 fully saturated rings. The molecule has 0 saturated heterocycles. The van der Waals surface area contributed by atoms with Gasteiger partial charge in [0.25, 0.3) is 5.92 Å². The Hall–Kier alpha value is -0.750. The molecule has 0 saturated carbocycles. The first-order valence-electron chi connectivity index (χ1n) is 5.12. The number of hydrogen-bond acceptors (Lipinski definition) is 2. The molecule has 0 spiro atoms. The van der Waals surface area contributed by atoms with E-state index in [4.69, 9.17) is 4.74 Å². The maximum Gasteiger partial charge on any atom is 0.274 e.